The number of nitrogens with two attached hydrogens (primary N) is 1. The molecule has 1 saturated carbocycles. The van der Waals surface area contributed by atoms with Gasteiger partial charge in [-0.2, -0.15) is 0 Å². The molecule has 0 radical (unpaired) electrons. The van der Waals surface area contributed by atoms with Gasteiger partial charge in [0.15, 0.2) is 5.82 Å². The number of nitrogen functional groups attached to an aromatic ring is 1. The van der Waals surface area contributed by atoms with Crippen LogP contribution in [0.15, 0.2) is 18.2 Å². The van der Waals surface area contributed by atoms with Crippen LogP contribution in [0.4, 0.5) is 5.69 Å². The van der Waals surface area contributed by atoms with E-state index in [-0.39, 0.29) is 0 Å². The first-order valence-corrected chi connectivity index (χ1v) is 7.40. The van der Waals surface area contributed by atoms with Gasteiger partial charge in [0.1, 0.15) is 0 Å². The van der Waals surface area contributed by atoms with Gasteiger partial charge in [-0.15, -0.1) is 5.10 Å². The minimum atomic E-state index is 0.404. The second-order valence-electron chi connectivity index (χ2n) is 5.63. The maximum atomic E-state index is 6.13. The third-order valence-electron chi connectivity index (χ3n) is 4.19. The number of tetrazole rings is 1. The van der Waals surface area contributed by atoms with Crippen LogP contribution in [0.1, 0.15) is 50.1 Å². The lowest BCUT2D eigenvalue weighted by molar-refractivity contribution is 0.400. The van der Waals surface area contributed by atoms with Gasteiger partial charge in [-0.25, -0.2) is 4.68 Å². The van der Waals surface area contributed by atoms with E-state index in [0.29, 0.717) is 6.04 Å². The van der Waals surface area contributed by atoms with Crippen molar-refractivity contribution in [3.63, 3.8) is 0 Å². The molecule has 0 bridgehead atoms. The minimum Gasteiger partial charge on any atom is -0.398 e. The number of nitrogens with zero attached hydrogens (tertiary/aromatic N) is 4. The normalized spacial score (nSPS) is 17.1. The quantitative estimate of drug-likeness (QED) is 0.673. The van der Waals surface area contributed by atoms with Crippen molar-refractivity contribution in [1.82, 2.24) is 20.2 Å². The SMILES string of the molecule is Cc1cccc(N)c1-c1nnnn1C1CCCCCC1. The Hall–Kier alpha value is -1.91. The maximum Gasteiger partial charge on any atom is 0.184 e. The molecule has 2 aromatic rings. The van der Waals surface area contributed by atoms with Crippen LogP contribution in [0.3, 0.4) is 0 Å². The van der Waals surface area contributed by atoms with Gasteiger partial charge < -0.3 is 5.73 Å². The molecular formula is C15H21N5. The molecule has 1 fully saturated rings. The third-order valence-corrected chi connectivity index (χ3v) is 4.19. The summed E-state index contributed by atoms with van der Waals surface area (Å²) in [6, 6.07) is 6.33. The lowest BCUT2D eigenvalue weighted by atomic mass is 10.0. The Bertz CT molecular complexity index is 561. The predicted molar refractivity (Wildman–Crippen MR) is 79.1 cm³/mol. The largest absolute Gasteiger partial charge is 0.398 e. The van der Waals surface area contributed by atoms with Crippen molar-refractivity contribution >= 4 is 5.69 Å². The number of anilines is 1. The molecule has 106 valence electrons. The highest BCUT2D eigenvalue weighted by molar-refractivity contribution is 5.74. The molecule has 1 aromatic carbocycles. The summed E-state index contributed by atoms with van der Waals surface area (Å²) in [7, 11) is 0. The van der Waals surface area contributed by atoms with E-state index in [1.807, 2.05) is 16.8 Å². The van der Waals surface area contributed by atoms with Gasteiger partial charge in [0.25, 0.3) is 0 Å². The molecule has 5 nitrogen and oxygen atoms in total. The van der Waals surface area contributed by atoms with E-state index in [1.165, 1.54) is 25.7 Å². The van der Waals surface area contributed by atoms with Crippen molar-refractivity contribution in [1.29, 1.82) is 0 Å². The lowest BCUT2D eigenvalue weighted by Gasteiger charge is -2.17. The second kappa shape index (κ2) is 5.61. The summed E-state index contributed by atoms with van der Waals surface area (Å²) in [6.45, 7) is 2.05. The summed E-state index contributed by atoms with van der Waals surface area (Å²) in [5, 5.41) is 12.4. The van der Waals surface area contributed by atoms with Crippen molar-refractivity contribution in [2.75, 3.05) is 5.73 Å². The number of hydrogen-bond donors (Lipinski definition) is 1. The first kappa shape index (κ1) is 13.1. The fourth-order valence-corrected chi connectivity index (χ4v) is 3.10. The summed E-state index contributed by atoms with van der Waals surface area (Å²) in [4.78, 5) is 0. The molecule has 0 spiro atoms. The predicted octanol–water partition coefficient (Wildman–Crippen LogP) is 3.13. The van der Waals surface area contributed by atoms with Crippen LogP contribution in [0.5, 0.6) is 0 Å². The van der Waals surface area contributed by atoms with Crippen LogP contribution in [-0.4, -0.2) is 20.2 Å². The number of benzene rings is 1. The summed E-state index contributed by atoms with van der Waals surface area (Å²) in [6.07, 6.45) is 7.47. The Kier molecular flexibility index (Phi) is 3.67. The molecule has 0 saturated heterocycles. The molecule has 0 atom stereocenters. The molecule has 1 aliphatic carbocycles. The molecule has 1 aliphatic rings. The van der Waals surface area contributed by atoms with Crippen molar-refractivity contribution < 1.29 is 0 Å². The standard InChI is InChI=1S/C15H21N5/c1-11-7-6-10-13(16)14(11)15-17-18-19-20(15)12-8-4-2-3-5-9-12/h6-7,10,12H,2-5,8-9,16H2,1H3. The van der Waals surface area contributed by atoms with E-state index < -0.39 is 0 Å². The number of rotatable bonds is 2. The monoisotopic (exact) mass is 271 g/mol. The average Bonchev–Trinajstić information content (AvgIpc) is 2.73. The molecule has 0 aliphatic heterocycles. The van der Waals surface area contributed by atoms with Gasteiger partial charge in [-0.05, 0) is 41.8 Å². The Morgan fingerprint density at radius 3 is 2.60 bits per heavy atom. The zero-order chi connectivity index (χ0) is 13.9. The Morgan fingerprint density at radius 1 is 1.15 bits per heavy atom. The van der Waals surface area contributed by atoms with Crippen LogP contribution in [-0.2, 0) is 0 Å². The van der Waals surface area contributed by atoms with Crippen molar-refractivity contribution in [3.8, 4) is 11.4 Å². The molecule has 3 rings (SSSR count). The molecule has 5 heteroatoms. The first-order chi connectivity index (χ1) is 9.77. The van der Waals surface area contributed by atoms with Crippen molar-refractivity contribution in [3.05, 3.63) is 23.8 Å². The molecule has 2 N–H and O–H groups in total. The third kappa shape index (κ3) is 2.40. The minimum absolute atomic E-state index is 0.404. The van der Waals surface area contributed by atoms with E-state index in [4.69, 9.17) is 5.73 Å². The van der Waals surface area contributed by atoms with E-state index in [2.05, 4.69) is 28.5 Å². The molecule has 1 heterocycles. The molecule has 0 unspecified atom stereocenters. The zero-order valence-electron chi connectivity index (χ0n) is 11.9. The maximum absolute atomic E-state index is 6.13. The Balaban J connectivity index is 2.01. The average molecular weight is 271 g/mol. The molecular weight excluding hydrogens is 250 g/mol. The zero-order valence-corrected chi connectivity index (χ0v) is 11.9. The fourth-order valence-electron chi connectivity index (χ4n) is 3.10. The van der Waals surface area contributed by atoms with Gasteiger partial charge >= 0.3 is 0 Å². The van der Waals surface area contributed by atoms with Gasteiger partial charge in [-0.1, -0.05) is 37.8 Å². The molecule has 20 heavy (non-hydrogen) atoms. The van der Waals surface area contributed by atoms with Gasteiger partial charge in [0, 0.05) is 11.3 Å². The number of hydrogen-bond acceptors (Lipinski definition) is 4. The lowest BCUT2D eigenvalue weighted by Crippen LogP contribution is -2.12. The molecule has 1 aromatic heterocycles. The summed E-state index contributed by atoms with van der Waals surface area (Å²) >= 11 is 0. The Labute approximate surface area is 119 Å². The van der Waals surface area contributed by atoms with Gasteiger partial charge in [0.05, 0.1) is 6.04 Å². The Morgan fingerprint density at radius 2 is 1.90 bits per heavy atom. The van der Waals surface area contributed by atoms with E-state index in [1.54, 1.807) is 0 Å². The van der Waals surface area contributed by atoms with Crippen LogP contribution in [0.2, 0.25) is 0 Å². The number of aromatic nitrogens is 4. The second-order valence-corrected chi connectivity index (χ2v) is 5.63. The van der Waals surface area contributed by atoms with Crippen LogP contribution in [0.25, 0.3) is 11.4 Å². The van der Waals surface area contributed by atoms with Crippen LogP contribution >= 0.6 is 0 Å². The van der Waals surface area contributed by atoms with Crippen molar-refractivity contribution in [2.45, 2.75) is 51.5 Å². The highest BCUT2D eigenvalue weighted by atomic mass is 15.5. The summed E-state index contributed by atoms with van der Waals surface area (Å²) < 4.78 is 1.99. The summed E-state index contributed by atoms with van der Waals surface area (Å²) in [5.74, 6) is 0.813. The highest BCUT2D eigenvalue weighted by Crippen LogP contribution is 2.33. The topological polar surface area (TPSA) is 69.6 Å². The number of aryl methyl sites for hydroxylation is 1. The highest BCUT2D eigenvalue weighted by Gasteiger charge is 2.21. The van der Waals surface area contributed by atoms with E-state index in [0.717, 1.165) is 35.5 Å². The van der Waals surface area contributed by atoms with Crippen LogP contribution in [0, 0.1) is 6.92 Å². The van der Waals surface area contributed by atoms with Gasteiger partial charge in [0.2, 0.25) is 0 Å². The smallest absolute Gasteiger partial charge is 0.184 e. The van der Waals surface area contributed by atoms with Crippen molar-refractivity contribution in [2.24, 2.45) is 0 Å². The van der Waals surface area contributed by atoms with Crippen LogP contribution < -0.4 is 5.73 Å². The van der Waals surface area contributed by atoms with E-state index in [9.17, 15) is 0 Å². The first-order valence-electron chi connectivity index (χ1n) is 7.40. The fraction of sp³-hybridized carbons (Fsp3) is 0.533. The van der Waals surface area contributed by atoms with E-state index >= 15 is 0 Å². The van der Waals surface area contributed by atoms with Gasteiger partial charge in [-0.3, -0.25) is 0 Å². The summed E-state index contributed by atoms with van der Waals surface area (Å²) in [5.41, 5.74) is 8.97. The molecule has 0 amide bonds.